The summed E-state index contributed by atoms with van der Waals surface area (Å²) in [6.07, 6.45) is 0. The molecule has 7 aromatic rings. The maximum absolute atomic E-state index is 2.59. The van der Waals surface area contributed by atoms with Gasteiger partial charge in [0.15, 0.2) is 0 Å². The summed E-state index contributed by atoms with van der Waals surface area (Å²) in [5, 5.41) is 6.62. The van der Waals surface area contributed by atoms with Gasteiger partial charge in [-0.15, -0.1) is 0 Å². The van der Waals surface area contributed by atoms with Crippen molar-refractivity contribution >= 4 is 61.1 Å². The van der Waals surface area contributed by atoms with Gasteiger partial charge in [0.1, 0.15) is 0 Å². The summed E-state index contributed by atoms with van der Waals surface area (Å²) in [5.41, 5.74) is 10.4. The van der Waals surface area contributed by atoms with Crippen molar-refractivity contribution in [3.05, 3.63) is 114 Å². The average molecular weight is 622 g/mol. The van der Waals surface area contributed by atoms with E-state index in [4.69, 9.17) is 0 Å². The SMILES string of the molecule is Cc1c(-c2cc(-n3c4ccccc4c4ccc[c]([Ge]([CH3])([CH3])[CH3])c43)c3ccccc3[n+]2C)cc(C(C)(C)C)c2ccccc12. The van der Waals surface area contributed by atoms with E-state index in [-0.39, 0.29) is 5.41 Å². The van der Waals surface area contributed by atoms with E-state index in [1.807, 2.05) is 0 Å². The summed E-state index contributed by atoms with van der Waals surface area (Å²) in [6, 6.07) is 38.7. The van der Waals surface area contributed by atoms with Gasteiger partial charge in [-0.05, 0) is 0 Å². The number of para-hydroxylation sites is 3. The monoisotopic (exact) mass is 623 g/mol. The van der Waals surface area contributed by atoms with Crippen LogP contribution in [0.1, 0.15) is 31.9 Å². The number of hydrogen-bond donors (Lipinski definition) is 0. The molecule has 7 rings (SSSR count). The van der Waals surface area contributed by atoms with Gasteiger partial charge in [0.2, 0.25) is 0 Å². The summed E-state index contributed by atoms with van der Waals surface area (Å²) in [6.45, 7) is 9.29. The number of benzene rings is 5. The van der Waals surface area contributed by atoms with Crippen LogP contribution in [0.3, 0.4) is 0 Å². The number of hydrogen-bond acceptors (Lipinski definition) is 0. The first kappa shape index (κ1) is 27.9. The molecule has 0 N–H and O–H groups in total. The van der Waals surface area contributed by atoms with Crippen LogP contribution in [0, 0.1) is 6.92 Å². The Balaban J connectivity index is 1.67. The first-order valence-electron chi connectivity index (χ1n) is 15.4. The van der Waals surface area contributed by atoms with Gasteiger partial charge in [0.25, 0.3) is 0 Å². The first-order chi connectivity index (χ1) is 20.5. The molecule has 0 unspecified atom stereocenters. The van der Waals surface area contributed by atoms with E-state index in [1.165, 1.54) is 71.6 Å². The van der Waals surface area contributed by atoms with Gasteiger partial charge in [-0.1, -0.05) is 0 Å². The van der Waals surface area contributed by atoms with Crippen molar-refractivity contribution < 1.29 is 4.57 Å². The predicted octanol–water partition coefficient (Wildman–Crippen LogP) is 9.73. The van der Waals surface area contributed by atoms with Crippen molar-refractivity contribution in [1.82, 2.24) is 4.57 Å². The minimum atomic E-state index is -2.26. The topological polar surface area (TPSA) is 8.81 Å². The predicted molar refractivity (Wildman–Crippen MR) is 189 cm³/mol. The molecule has 0 aliphatic carbocycles. The number of aromatic nitrogens is 2. The standard InChI is InChI=1S/C40H41GeN2/c1-26-27-16-9-10-17-28(27)33(40(2,3)4)24-32(26)37-25-38(31-19-12-13-22-35(31)42(37)8)43-36-23-14-11-18-29(36)30-20-15-21-34(39(30)43)41(5,6)7/h9-25H,1-8H3/q+1. The second-order valence-electron chi connectivity index (χ2n) is 14.2. The quantitative estimate of drug-likeness (QED) is 0.137. The van der Waals surface area contributed by atoms with E-state index in [9.17, 15) is 0 Å². The Labute approximate surface area is 258 Å². The van der Waals surface area contributed by atoms with E-state index < -0.39 is 13.3 Å². The van der Waals surface area contributed by atoms with E-state index in [2.05, 4.69) is 164 Å². The molecule has 2 aromatic heterocycles. The van der Waals surface area contributed by atoms with Crippen LogP contribution in [0.5, 0.6) is 0 Å². The molecule has 0 saturated heterocycles. The second-order valence-corrected chi connectivity index (χ2v) is 24.8. The molecule has 3 heteroatoms. The zero-order valence-corrected chi connectivity index (χ0v) is 28.8. The van der Waals surface area contributed by atoms with Crippen molar-refractivity contribution in [1.29, 1.82) is 0 Å². The summed E-state index contributed by atoms with van der Waals surface area (Å²) in [7, 11) is 2.23. The first-order valence-corrected chi connectivity index (χ1v) is 22.8. The van der Waals surface area contributed by atoms with Gasteiger partial charge in [-0.25, -0.2) is 0 Å². The van der Waals surface area contributed by atoms with Crippen LogP contribution in [0.4, 0.5) is 0 Å². The van der Waals surface area contributed by atoms with E-state index in [1.54, 1.807) is 4.40 Å². The fourth-order valence-electron chi connectivity index (χ4n) is 7.14. The third-order valence-corrected chi connectivity index (χ3v) is 13.6. The Hall–Kier alpha value is -3.89. The molecule has 2 nitrogen and oxygen atoms in total. The Kier molecular flexibility index (Phi) is 6.38. The molecule has 0 aliphatic heterocycles. The third kappa shape index (κ3) is 4.33. The van der Waals surface area contributed by atoms with Crippen molar-refractivity contribution in [2.75, 3.05) is 0 Å². The zero-order valence-electron chi connectivity index (χ0n) is 26.7. The fraction of sp³-hybridized carbons (Fsp3) is 0.225. The van der Waals surface area contributed by atoms with Crippen LogP contribution in [-0.4, -0.2) is 17.8 Å². The van der Waals surface area contributed by atoms with Crippen LogP contribution in [0.25, 0.3) is 60.4 Å². The summed E-state index contributed by atoms with van der Waals surface area (Å²) >= 11 is -2.26. The molecular formula is C40H41GeN2+. The van der Waals surface area contributed by atoms with Gasteiger partial charge in [0, 0.05) is 0 Å². The molecular weight excluding hydrogens is 581 g/mol. The Morgan fingerprint density at radius 1 is 0.651 bits per heavy atom. The van der Waals surface area contributed by atoms with Gasteiger partial charge in [0.05, 0.1) is 0 Å². The van der Waals surface area contributed by atoms with Crippen molar-refractivity contribution in [2.24, 2.45) is 7.05 Å². The zero-order chi connectivity index (χ0) is 30.3. The molecule has 43 heavy (non-hydrogen) atoms. The van der Waals surface area contributed by atoms with Crippen molar-refractivity contribution in [3.63, 3.8) is 0 Å². The molecule has 214 valence electrons. The Morgan fingerprint density at radius 3 is 1.95 bits per heavy atom. The van der Waals surface area contributed by atoms with Gasteiger partial charge < -0.3 is 0 Å². The molecule has 0 saturated carbocycles. The molecule has 5 aromatic carbocycles. The fourth-order valence-corrected chi connectivity index (χ4v) is 10.4. The normalized spacial score (nSPS) is 12.7. The Morgan fingerprint density at radius 2 is 1.26 bits per heavy atom. The summed E-state index contributed by atoms with van der Waals surface area (Å²) in [5.74, 6) is 7.54. The molecule has 2 heterocycles. The number of pyridine rings is 1. The molecule has 0 aliphatic rings. The Bertz CT molecular complexity index is 2220. The van der Waals surface area contributed by atoms with Gasteiger partial charge in [-0.2, -0.15) is 0 Å². The molecule has 0 fully saturated rings. The summed E-state index contributed by atoms with van der Waals surface area (Å²) in [4.78, 5) is 0. The van der Waals surface area contributed by atoms with Crippen LogP contribution < -0.4 is 8.96 Å². The van der Waals surface area contributed by atoms with Crippen LogP contribution in [0.15, 0.2) is 103 Å². The van der Waals surface area contributed by atoms with Gasteiger partial charge >= 0.3 is 259 Å². The average Bonchev–Trinajstić information content (AvgIpc) is 3.31. The van der Waals surface area contributed by atoms with Gasteiger partial charge in [-0.3, -0.25) is 0 Å². The van der Waals surface area contributed by atoms with Crippen molar-refractivity contribution in [3.8, 4) is 16.9 Å². The number of rotatable bonds is 3. The van der Waals surface area contributed by atoms with Crippen LogP contribution in [-0.2, 0) is 12.5 Å². The number of nitrogens with zero attached hydrogens (tertiary/aromatic N) is 2. The number of aryl methyl sites for hydroxylation is 2. The van der Waals surface area contributed by atoms with E-state index >= 15 is 0 Å². The molecule has 0 bridgehead atoms. The third-order valence-electron chi connectivity index (χ3n) is 9.32. The molecule has 0 amide bonds. The summed E-state index contributed by atoms with van der Waals surface area (Å²) < 4.78 is 6.53. The van der Waals surface area contributed by atoms with E-state index in [0.29, 0.717) is 0 Å². The number of fused-ring (bicyclic) bond motifs is 5. The molecule has 0 spiro atoms. The second kappa shape index (κ2) is 9.82. The van der Waals surface area contributed by atoms with Crippen LogP contribution in [0.2, 0.25) is 17.3 Å². The van der Waals surface area contributed by atoms with E-state index in [0.717, 1.165) is 0 Å². The molecule has 0 radical (unpaired) electrons. The minimum absolute atomic E-state index is 0.0149. The molecule has 0 atom stereocenters. The maximum atomic E-state index is 2.59. The van der Waals surface area contributed by atoms with Crippen LogP contribution >= 0.6 is 0 Å². The van der Waals surface area contributed by atoms with Crippen molar-refractivity contribution in [2.45, 2.75) is 50.4 Å².